The Balaban J connectivity index is 2.40. The van der Waals surface area contributed by atoms with Crippen LogP contribution in [-0.4, -0.2) is 52.8 Å². The van der Waals surface area contributed by atoms with E-state index in [1.807, 2.05) is 6.92 Å². The van der Waals surface area contributed by atoms with Crippen LogP contribution in [0.1, 0.15) is 13.3 Å². The third kappa shape index (κ3) is 3.39. The predicted molar refractivity (Wildman–Crippen MR) is 56.7 cm³/mol. The fourth-order valence-corrected chi connectivity index (χ4v) is 2.45. The second-order valence-electron chi connectivity index (χ2n) is 3.27. The van der Waals surface area contributed by atoms with E-state index in [9.17, 15) is 9.59 Å². The average Bonchev–Trinajstić information content (AvgIpc) is 2.66. The molecule has 0 unspecified atom stereocenters. The van der Waals surface area contributed by atoms with Gasteiger partial charge in [0.1, 0.15) is 12.6 Å². The Morgan fingerprint density at radius 2 is 2.33 bits per heavy atom. The number of thioether (sulfide) groups is 1. The van der Waals surface area contributed by atoms with E-state index in [0.717, 1.165) is 6.42 Å². The molecule has 1 aliphatic heterocycles. The van der Waals surface area contributed by atoms with Crippen LogP contribution < -0.4 is 0 Å². The van der Waals surface area contributed by atoms with E-state index in [0.29, 0.717) is 18.2 Å². The van der Waals surface area contributed by atoms with E-state index in [1.165, 1.54) is 16.7 Å². The van der Waals surface area contributed by atoms with Crippen LogP contribution in [0.15, 0.2) is 0 Å². The van der Waals surface area contributed by atoms with Crippen LogP contribution in [0.3, 0.4) is 0 Å². The lowest BCUT2D eigenvalue weighted by Gasteiger charge is -2.20. The second kappa shape index (κ2) is 5.97. The maximum Gasteiger partial charge on any atom is 0.327 e. The minimum atomic E-state index is -0.941. The zero-order valence-corrected chi connectivity index (χ0v) is 9.46. The fraction of sp³-hybridized carbons (Fsp3) is 0.778. The Morgan fingerprint density at radius 1 is 1.60 bits per heavy atom. The molecule has 1 N–H and O–H groups in total. The van der Waals surface area contributed by atoms with Gasteiger partial charge < -0.3 is 14.7 Å². The monoisotopic (exact) mass is 233 g/mol. The van der Waals surface area contributed by atoms with E-state index in [2.05, 4.69) is 0 Å². The number of carboxylic acids is 1. The summed E-state index contributed by atoms with van der Waals surface area (Å²) < 4.78 is 5.09. The van der Waals surface area contributed by atoms with Crippen LogP contribution in [0.4, 0.5) is 0 Å². The minimum Gasteiger partial charge on any atom is -0.480 e. The van der Waals surface area contributed by atoms with Gasteiger partial charge in [0.05, 0.1) is 5.88 Å². The van der Waals surface area contributed by atoms with Gasteiger partial charge in [-0.25, -0.2) is 4.79 Å². The van der Waals surface area contributed by atoms with Gasteiger partial charge in [0.2, 0.25) is 5.91 Å². The number of carbonyl (C=O) groups is 2. The molecule has 1 rings (SSSR count). The summed E-state index contributed by atoms with van der Waals surface area (Å²) in [7, 11) is 0. The van der Waals surface area contributed by atoms with Gasteiger partial charge in [-0.1, -0.05) is 6.92 Å². The van der Waals surface area contributed by atoms with Crippen molar-refractivity contribution in [3.63, 3.8) is 0 Å². The Kier molecular flexibility index (Phi) is 4.90. The Labute approximate surface area is 92.8 Å². The second-order valence-corrected chi connectivity index (χ2v) is 4.27. The van der Waals surface area contributed by atoms with Crippen LogP contribution in [0, 0.1) is 0 Å². The van der Waals surface area contributed by atoms with Crippen molar-refractivity contribution in [2.24, 2.45) is 0 Å². The van der Waals surface area contributed by atoms with Crippen molar-refractivity contribution in [2.45, 2.75) is 19.4 Å². The van der Waals surface area contributed by atoms with Gasteiger partial charge in [0.25, 0.3) is 0 Å². The lowest BCUT2D eigenvalue weighted by atomic mass is 10.3. The molecule has 0 bridgehead atoms. The van der Waals surface area contributed by atoms with Gasteiger partial charge in [-0.3, -0.25) is 4.79 Å². The van der Waals surface area contributed by atoms with Crippen molar-refractivity contribution in [3.8, 4) is 0 Å². The summed E-state index contributed by atoms with van der Waals surface area (Å²) in [5, 5.41) is 8.86. The van der Waals surface area contributed by atoms with Crippen molar-refractivity contribution in [3.05, 3.63) is 0 Å². The molecule has 1 aliphatic rings. The predicted octanol–water partition coefficient (Wildman–Crippen LogP) is 0.399. The first-order chi connectivity index (χ1) is 7.16. The van der Waals surface area contributed by atoms with Crippen molar-refractivity contribution in [1.29, 1.82) is 0 Å². The summed E-state index contributed by atoms with van der Waals surface area (Å²) in [6.07, 6.45) is 0.852. The van der Waals surface area contributed by atoms with Crippen LogP contribution in [0.25, 0.3) is 0 Å². The zero-order valence-electron chi connectivity index (χ0n) is 8.64. The molecule has 0 aromatic carbocycles. The molecule has 1 amide bonds. The van der Waals surface area contributed by atoms with E-state index in [-0.39, 0.29) is 12.5 Å². The third-order valence-electron chi connectivity index (χ3n) is 2.06. The number of carbonyl (C=O) groups excluding carboxylic acids is 1. The van der Waals surface area contributed by atoms with Gasteiger partial charge in [-0.05, 0) is 6.42 Å². The summed E-state index contributed by atoms with van der Waals surface area (Å²) in [6, 6.07) is -0.687. The van der Waals surface area contributed by atoms with Crippen molar-refractivity contribution < 1.29 is 19.4 Å². The number of rotatable bonds is 5. The molecular formula is C9H15NO4S. The summed E-state index contributed by atoms with van der Waals surface area (Å²) in [6.45, 7) is 2.47. The molecule has 1 atom stereocenters. The first-order valence-corrected chi connectivity index (χ1v) is 6.00. The SMILES string of the molecule is CCCOCC(=O)N1CSC[C@H]1C(=O)O. The van der Waals surface area contributed by atoms with Gasteiger partial charge in [-0.15, -0.1) is 11.8 Å². The Morgan fingerprint density at radius 3 is 2.93 bits per heavy atom. The number of aliphatic carboxylic acids is 1. The highest BCUT2D eigenvalue weighted by atomic mass is 32.2. The first kappa shape index (κ1) is 12.3. The van der Waals surface area contributed by atoms with Gasteiger partial charge in [0.15, 0.2) is 0 Å². The highest BCUT2D eigenvalue weighted by molar-refractivity contribution is 7.99. The maximum absolute atomic E-state index is 11.6. The highest BCUT2D eigenvalue weighted by Crippen LogP contribution is 2.20. The Bertz CT molecular complexity index is 246. The molecule has 86 valence electrons. The molecule has 6 heteroatoms. The molecule has 0 saturated carbocycles. The van der Waals surface area contributed by atoms with Crippen LogP contribution in [0.2, 0.25) is 0 Å². The number of carboxylic acid groups (broad SMARTS) is 1. The van der Waals surface area contributed by atoms with Gasteiger partial charge in [0, 0.05) is 12.4 Å². The fourth-order valence-electron chi connectivity index (χ4n) is 1.28. The molecular weight excluding hydrogens is 218 g/mol. The molecule has 0 spiro atoms. The quantitative estimate of drug-likeness (QED) is 0.696. The van der Waals surface area contributed by atoms with Crippen LogP contribution in [-0.2, 0) is 14.3 Å². The number of ether oxygens (including phenoxy) is 1. The Hall–Kier alpha value is -0.750. The van der Waals surface area contributed by atoms with Crippen LogP contribution >= 0.6 is 11.8 Å². The smallest absolute Gasteiger partial charge is 0.327 e. The van der Waals surface area contributed by atoms with E-state index >= 15 is 0 Å². The van der Waals surface area contributed by atoms with Gasteiger partial charge >= 0.3 is 5.97 Å². The minimum absolute atomic E-state index is 0.0157. The molecule has 15 heavy (non-hydrogen) atoms. The number of nitrogens with zero attached hydrogens (tertiary/aromatic N) is 1. The number of hydrogen-bond donors (Lipinski definition) is 1. The van der Waals surface area contributed by atoms with Gasteiger partial charge in [-0.2, -0.15) is 0 Å². The molecule has 0 aromatic heterocycles. The van der Waals surface area contributed by atoms with E-state index in [4.69, 9.17) is 9.84 Å². The lowest BCUT2D eigenvalue weighted by molar-refractivity contribution is -0.149. The molecule has 0 aliphatic carbocycles. The zero-order chi connectivity index (χ0) is 11.3. The third-order valence-corrected chi connectivity index (χ3v) is 3.07. The van der Waals surface area contributed by atoms with Crippen molar-refractivity contribution in [2.75, 3.05) is 24.8 Å². The maximum atomic E-state index is 11.6. The summed E-state index contributed by atoms with van der Waals surface area (Å²) in [5.41, 5.74) is 0. The summed E-state index contributed by atoms with van der Waals surface area (Å²) in [4.78, 5) is 23.7. The first-order valence-electron chi connectivity index (χ1n) is 4.84. The van der Waals surface area contributed by atoms with E-state index < -0.39 is 12.0 Å². The number of amides is 1. The molecule has 1 heterocycles. The summed E-state index contributed by atoms with van der Waals surface area (Å²) in [5.74, 6) is -0.259. The van der Waals surface area contributed by atoms with Crippen molar-refractivity contribution >= 4 is 23.6 Å². The normalized spacial score (nSPS) is 20.6. The molecule has 1 saturated heterocycles. The van der Waals surface area contributed by atoms with Crippen molar-refractivity contribution in [1.82, 2.24) is 4.90 Å². The topological polar surface area (TPSA) is 66.8 Å². The molecule has 0 radical (unpaired) electrons. The molecule has 0 aromatic rings. The largest absolute Gasteiger partial charge is 0.480 e. The number of hydrogen-bond acceptors (Lipinski definition) is 4. The van der Waals surface area contributed by atoms with E-state index in [1.54, 1.807) is 0 Å². The molecule has 1 fully saturated rings. The van der Waals surface area contributed by atoms with Crippen LogP contribution in [0.5, 0.6) is 0 Å². The highest BCUT2D eigenvalue weighted by Gasteiger charge is 2.34. The standard InChI is InChI=1S/C9H15NO4S/c1-2-3-14-4-8(11)10-6-15-5-7(10)9(12)13/h7H,2-6H2,1H3,(H,12,13)/t7-/m0/s1. The lowest BCUT2D eigenvalue weighted by Crippen LogP contribution is -2.43. The average molecular weight is 233 g/mol. The molecule has 5 nitrogen and oxygen atoms in total. The summed E-state index contributed by atoms with van der Waals surface area (Å²) >= 11 is 1.45.